The second-order valence-electron chi connectivity index (χ2n) is 8.06. The number of hydrogen-bond acceptors (Lipinski definition) is 10. The number of halogens is 2. The Kier molecular flexibility index (Phi) is 14.3. The molecule has 0 atom stereocenters. The Balaban J connectivity index is 0.000000263. The lowest BCUT2D eigenvalue weighted by Gasteiger charge is -2.04. The highest BCUT2D eigenvalue weighted by Crippen LogP contribution is 2.13. The van der Waals surface area contributed by atoms with Crippen LogP contribution in [-0.4, -0.2) is 54.9 Å². The minimum atomic E-state index is -0.543. The smallest absolute Gasteiger partial charge is 0.216 e. The van der Waals surface area contributed by atoms with E-state index in [0.29, 0.717) is 21.6 Å². The fourth-order valence-corrected chi connectivity index (χ4v) is 3.73. The van der Waals surface area contributed by atoms with Crippen molar-refractivity contribution >= 4 is 40.8 Å². The SMILES string of the molecule is CCC.CSc1nccc(/C(=N/O)C(=O)c2ccc(F)cc2)n1.CSc1nccc(CC(=O)c2ccc(F)cc2)n1. The third-order valence-corrected chi connectivity index (χ3v) is 5.99. The maximum Gasteiger partial charge on any atom is 0.216 e. The number of nitrogens with zero attached hydrogens (tertiary/aromatic N) is 5. The number of carbonyl (C=O) groups is 2. The third-order valence-electron chi connectivity index (χ3n) is 4.86. The minimum absolute atomic E-state index is 0.0826. The number of oxime groups is 1. The molecule has 0 aliphatic heterocycles. The van der Waals surface area contributed by atoms with E-state index in [9.17, 15) is 18.4 Å². The van der Waals surface area contributed by atoms with Gasteiger partial charge in [-0.3, -0.25) is 9.59 Å². The summed E-state index contributed by atoms with van der Waals surface area (Å²) in [6, 6.07) is 13.7. The van der Waals surface area contributed by atoms with Crippen LogP contribution in [0.5, 0.6) is 0 Å². The van der Waals surface area contributed by atoms with Crippen LogP contribution in [0.4, 0.5) is 8.78 Å². The van der Waals surface area contributed by atoms with Gasteiger partial charge in [0.2, 0.25) is 5.78 Å². The second kappa shape index (κ2) is 17.6. The predicted octanol–water partition coefficient (Wildman–Crippen LogP) is 6.58. The van der Waals surface area contributed by atoms with Gasteiger partial charge in [0, 0.05) is 23.5 Å². The summed E-state index contributed by atoms with van der Waals surface area (Å²) in [7, 11) is 0. The molecule has 2 heterocycles. The Bertz CT molecular complexity index is 1450. The molecule has 0 radical (unpaired) electrons. The molecule has 0 aliphatic rings. The highest BCUT2D eigenvalue weighted by molar-refractivity contribution is 7.98. The zero-order chi connectivity index (χ0) is 30.2. The average molecular weight is 598 g/mol. The molecule has 41 heavy (non-hydrogen) atoms. The van der Waals surface area contributed by atoms with Crippen molar-refractivity contribution in [1.29, 1.82) is 0 Å². The van der Waals surface area contributed by atoms with E-state index >= 15 is 0 Å². The lowest BCUT2D eigenvalue weighted by atomic mass is 10.0. The molecule has 0 amide bonds. The second-order valence-corrected chi connectivity index (χ2v) is 9.61. The number of ketones is 2. The van der Waals surface area contributed by atoms with Gasteiger partial charge in [0.25, 0.3) is 0 Å². The Morgan fingerprint density at radius 2 is 1.27 bits per heavy atom. The molecule has 214 valence electrons. The Morgan fingerprint density at radius 3 is 1.78 bits per heavy atom. The number of carbonyl (C=O) groups excluding carboxylic acids is 2. The van der Waals surface area contributed by atoms with Crippen molar-refractivity contribution < 1.29 is 23.6 Å². The number of aromatic nitrogens is 4. The van der Waals surface area contributed by atoms with Crippen LogP contribution in [0.2, 0.25) is 0 Å². The first kappa shape index (κ1) is 33.2. The Hall–Kier alpha value is -4.03. The predicted molar refractivity (Wildman–Crippen MR) is 157 cm³/mol. The van der Waals surface area contributed by atoms with Crippen molar-refractivity contribution in [3.63, 3.8) is 0 Å². The first-order valence-corrected chi connectivity index (χ1v) is 14.8. The van der Waals surface area contributed by atoms with Gasteiger partial charge >= 0.3 is 0 Å². The summed E-state index contributed by atoms with van der Waals surface area (Å²) in [5.74, 6) is -1.42. The molecule has 0 bridgehead atoms. The number of rotatable bonds is 8. The van der Waals surface area contributed by atoms with E-state index in [1.165, 1.54) is 78.6 Å². The fourth-order valence-electron chi connectivity index (χ4n) is 3.00. The third kappa shape index (κ3) is 10.8. The van der Waals surface area contributed by atoms with Crippen molar-refractivity contribution in [3.8, 4) is 0 Å². The van der Waals surface area contributed by atoms with Crippen LogP contribution in [0.1, 0.15) is 52.4 Å². The van der Waals surface area contributed by atoms with E-state index in [4.69, 9.17) is 5.21 Å². The molecule has 0 fully saturated rings. The van der Waals surface area contributed by atoms with Gasteiger partial charge in [-0.2, -0.15) is 0 Å². The van der Waals surface area contributed by atoms with Gasteiger partial charge in [0.1, 0.15) is 17.3 Å². The molecule has 0 unspecified atom stereocenters. The van der Waals surface area contributed by atoms with Crippen LogP contribution < -0.4 is 0 Å². The lowest BCUT2D eigenvalue weighted by molar-refractivity contribution is 0.0990. The highest BCUT2D eigenvalue weighted by Gasteiger charge is 2.19. The fraction of sp³-hybridized carbons (Fsp3) is 0.207. The molecular weight excluding hydrogens is 568 g/mol. The molecule has 0 saturated heterocycles. The highest BCUT2D eigenvalue weighted by atomic mass is 32.2. The van der Waals surface area contributed by atoms with E-state index in [1.807, 2.05) is 6.26 Å². The Morgan fingerprint density at radius 1 is 0.780 bits per heavy atom. The first-order valence-electron chi connectivity index (χ1n) is 12.3. The molecule has 8 nitrogen and oxygen atoms in total. The van der Waals surface area contributed by atoms with E-state index in [2.05, 4.69) is 38.9 Å². The van der Waals surface area contributed by atoms with Crippen LogP contribution in [-0.2, 0) is 6.42 Å². The summed E-state index contributed by atoms with van der Waals surface area (Å²) in [6.07, 6.45) is 8.21. The van der Waals surface area contributed by atoms with Gasteiger partial charge in [-0.25, -0.2) is 28.7 Å². The van der Waals surface area contributed by atoms with Crippen LogP contribution in [0.15, 0.2) is 88.5 Å². The van der Waals surface area contributed by atoms with Gasteiger partial charge in [-0.1, -0.05) is 48.9 Å². The van der Waals surface area contributed by atoms with Crippen molar-refractivity contribution in [2.24, 2.45) is 5.16 Å². The van der Waals surface area contributed by atoms with Gasteiger partial charge in [0.15, 0.2) is 21.8 Å². The molecule has 4 rings (SSSR count). The molecule has 2 aromatic carbocycles. The minimum Gasteiger partial charge on any atom is -0.410 e. The molecular formula is C29H29F2N5O3S2. The van der Waals surface area contributed by atoms with E-state index in [0.717, 1.165) is 12.1 Å². The summed E-state index contributed by atoms with van der Waals surface area (Å²) in [4.78, 5) is 40.5. The van der Waals surface area contributed by atoms with Gasteiger partial charge in [0.05, 0.1) is 12.1 Å². The quantitative estimate of drug-likeness (QED) is 0.0600. The molecule has 2 aromatic heterocycles. The number of hydrogen-bond donors (Lipinski definition) is 1. The lowest BCUT2D eigenvalue weighted by Crippen LogP contribution is -2.18. The summed E-state index contributed by atoms with van der Waals surface area (Å²) >= 11 is 2.73. The van der Waals surface area contributed by atoms with E-state index in [1.54, 1.807) is 18.5 Å². The summed E-state index contributed by atoms with van der Waals surface area (Å²) in [5, 5.41) is 13.2. The maximum absolute atomic E-state index is 12.8. The average Bonchev–Trinajstić information content (AvgIpc) is 2.99. The summed E-state index contributed by atoms with van der Waals surface area (Å²) < 4.78 is 25.6. The topological polar surface area (TPSA) is 118 Å². The molecule has 0 spiro atoms. The molecule has 12 heteroatoms. The van der Waals surface area contributed by atoms with Crippen molar-refractivity contribution in [2.45, 2.75) is 37.0 Å². The van der Waals surface area contributed by atoms with Gasteiger partial charge in [-0.15, -0.1) is 0 Å². The van der Waals surface area contributed by atoms with Crippen LogP contribution in [0.3, 0.4) is 0 Å². The monoisotopic (exact) mass is 597 g/mol. The zero-order valence-electron chi connectivity index (χ0n) is 22.9. The van der Waals surface area contributed by atoms with Crippen molar-refractivity contribution in [3.05, 3.63) is 107 Å². The van der Waals surface area contributed by atoms with E-state index < -0.39 is 11.6 Å². The van der Waals surface area contributed by atoms with Crippen LogP contribution in [0.25, 0.3) is 0 Å². The molecule has 1 N–H and O–H groups in total. The van der Waals surface area contributed by atoms with Crippen molar-refractivity contribution in [2.75, 3.05) is 12.5 Å². The van der Waals surface area contributed by atoms with Gasteiger partial charge < -0.3 is 5.21 Å². The van der Waals surface area contributed by atoms with Crippen LogP contribution >= 0.6 is 23.5 Å². The number of benzene rings is 2. The number of Topliss-reactive ketones (excluding diaryl/α,β-unsaturated/α-hetero) is 2. The zero-order valence-corrected chi connectivity index (χ0v) is 24.5. The van der Waals surface area contributed by atoms with Crippen molar-refractivity contribution in [1.82, 2.24) is 19.9 Å². The molecule has 0 aliphatic carbocycles. The first-order chi connectivity index (χ1) is 19.8. The number of thioether (sulfide) groups is 2. The molecule has 4 aromatic rings. The van der Waals surface area contributed by atoms with Gasteiger partial charge in [-0.05, 0) is 73.2 Å². The normalized spacial score (nSPS) is 10.5. The Labute approximate surface area is 245 Å². The largest absolute Gasteiger partial charge is 0.410 e. The summed E-state index contributed by atoms with van der Waals surface area (Å²) in [5.41, 5.74) is 1.36. The summed E-state index contributed by atoms with van der Waals surface area (Å²) in [6.45, 7) is 4.25. The maximum atomic E-state index is 12.8. The van der Waals surface area contributed by atoms with Crippen LogP contribution in [0, 0.1) is 11.6 Å². The standard InChI is InChI=1S/C13H10FN3O2S.C13H11FN2OS.C3H8/c1-20-13-15-7-6-10(16-13)11(17-19)12(18)8-2-4-9(14)5-3-8;1-18-13-15-7-6-11(16-13)8-12(17)9-2-4-10(14)5-3-9;1-3-2/h2-7,19H,1H3;2-7H,8H2,1H3;3H2,1-2H3/b17-11-;;. The van der Waals surface area contributed by atoms with E-state index in [-0.39, 0.29) is 35.0 Å². The molecule has 0 saturated carbocycles.